The van der Waals surface area contributed by atoms with Gasteiger partial charge in [-0.2, -0.15) is 0 Å². The summed E-state index contributed by atoms with van der Waals surface area (Å²) in [7, 11) is 0.240. The van der Waals surface area contributed by atoms with Crippen LogP contribution in [0.25, 0.3) is 0 Å². The molecule has 1 aliphatic carbocycles. The van der Waals surface area contributed by atoms with E-state index in [-0.39, 0.29) is 51.7 Å². The van der Waals surface area contributed by atoms with Gasteiger partial charge in [0.1, 0.15) is 11.9 Å². The average molecular weight is 700 g/mol. The number of nitrogens with zero attached hydrogens (tertiary/aromatic N) is 2. The number of hydrogen-bond acceptors (Lipinski definition) is 8. The largest absolute Gasteiger partial charge is 0.494 e. The van der Waals surface area contributed by atoms with Gasteiger partial charge < -0.3 is 36.0 Å². The molecule has 5 rings (SSSR count). The summed E-state index contributed by atoms with van der Waals surface area (Å²) in [6, 6.07) is 7.32. The molecule has 0 bridgehead atoms. The van der Waals surface area contributed by atoms with E-state index in [2.05, 4.69) is 10.6 Å². The third-order valence-electron chi connectivity index (χ3n) is 8.56. The Hall–Kier alpha value is -5.25. The Morgan fingerprint density at radius 1 is 1.00 bits per heavy atom. The maximum Gasteiger partial charge on any atom is 0.321 e. The van der Waals surface area contributed by atoms with Gasteiger partial charge in [0.25, 0.3) is 0 Å². The lowest BCUT2D eigenvalue weighted by molar-refractivity contribution is -0.143. The van der Waals surface area contributed by atoms with Crippen molar-refractivity contribution in [3.05, 3.63) is 82.9 Å². The van der Waals surface area contributed by atoms with Crippen molar-refractivity contribution in [1.29, 1.82) is 0 Å². The van der Waals surface area contributed by atoms with Crippen molar-refractivity contribution in [3.8, 4) is 5.75 Å². The van der Waals surface area contributed by atoms with E-state index in [0.29, 0.717) is 12.8 Å². The molecule has 1 heterocycles. The summed E-state index contributed by atoms with van der Waals surface area (Å²) in [4.78, 5) is 54.0. The molecule has 16 heteroatoms. The fraction of sp³-hybridized carbons (Fsp3) is 0.333. The summed E-state index contributed by atoms with van der Waals surface area (Å²) < 4.78 is 62.1. The number of amides is 4. The van der Waals surface area contributed by atoms with E-state index in [4.69, 9.17) is 10.5 Å². The number of nitrogens with one attached hydrogen (secondary N) is 2. The first-order chi connectivity index (χ1) is 23.1. The highest BCUT2D eigenvalue weighted by atomic mass is 32.2. The molecule has 260 valence electrons. The molecular weight excluding hydrogens is 664 g/mol. The number of rotatable bonds is 11. The standard InChI is InChI=1S/C33H35F2N5O8S/c1-39(2)33(45)37-19-6-11-27(49(46,47)20-7-8-20)22(16-19)29-21(32(43)44)12-13-40(29)31(42)28(17-4-10-24(35)26(15-17)48-3)38-25-14-18(30(36)41)5-9-23(25)34/h4-6,9-11,14-16,20-21,28-29,38H,7-8,12-13H2,1-3H3,(H2,36,41)(H,37,45)(H,43,44)/t21?,28-,29?/m1/s1. The second-order valence-electron chi connectivity index (χ2n) is 12.1. The second kappa shape index (κ2) is 13.7. The van der Waals surface area contributed by atoms with Gasteiger partial charge in [0.05, 0.1) is 34.9 Å². The summed E-state index contributed by atoms with van der Waals surface area (Å²) in [5.41, 5.74) is 5.23. The molecule has 2 unspecified atom stereocenters. The number of methoxy groups -OCH3 is 1. The average Bonchev–Trinajstić information content (AvgIpc) is 3.83. The molecule has 2 fully saturated rings. The van der Waals surface area contributed by atoms with Crippen LogP contribution in [0.1, 0.15) is 52.8 Å². The first-order valence-electron chi connectivity index (χ1n) is 15.2. The normalized spacial score (nSPS) is 18.0. The third-order valence-corrected chi connectivity index (χ3v) is 10.9. The van der Waals surface area contributed by atoms with Crippen LogP contribution in [0, 0.1) is 17.6 Å². The fourth-order valence-corrected chi connectivity index (χ4v) is 7.73. The Morgan fingerprint density at radius 2 is 1.69 bits per heavy atom. The van der Waals surface area contributed by atoms with Gasteiger partial charge in [-0.1, -0.05) is 6.07 Å². The first kappa shape index (κ1) is 35.1. The van der Waals surface area contributed by atoms with Crippen molar-refractivity contribution in [2.24, 2.45) is 11.7 Å². The molecule has 0 radical (unpaired) electrons. The van der Waals surface area contributed by atoms with Crippen LogP contribution in [0.15, 0.2) is 59.5 Å². The quantitative estimate of drug-likeness (QED) is 0.230. The molecule has 1 aliphatic heterocycles. The van der Waals surface area contributed by atoms with Crippen molar-refractivity contribution >= 4 is 45.0 Å². The molecule has 0 spiro atoms. The van der Waals surface area contributed by atoms with Crippen LogP contribution in [0.3, 0.4) is 0 Å². The minimum Gasteiger partial charge on any atom is -0.494 e. The summed E-state index contributed by atoms with van der Waals surface area (Å²) in [5, 5.41) is 15.0. The molecule has 3 aromatic rings. The highest BCUT2D eigenvalue weighted by Crippen LogP contribution is 2.45. The summed E-state index contributed by atoms with van der Waals surface area (Å²) in [6.07, 6.45) is 0.740. The Morgan fingerprint density at radius 3 is 2.31 bits per heavy atom. The topological polar surface area (TPSA) is 188 Å². The number of urea groups is 1. The van der Waals surface area contributed by atoms with Crippen LogP contribution in [-0.4, -0.2) is 80.1 Å². The molecular formula is C33H35F2N5O8S. The maximum absolute atomic E-state index is 15.1. The van der Waals surface area contributed by atoms with Crippen molar-refractivity contribution in [2.75, 3.05) is 38.4 Å². The molecule has 1 saturated carbocycles. The highest BCUT2D eigenvalue weighted by molar-refractivity contribution is 7.92. The summed E-state index contributed by atoms with van der Waals surface area (Å²) >= 11 is 0. The maximum atomic E-state index is 15.1. The van der Waals surface area contributed by atoms with Crippen molar-refractivity contribution < 1.29 is 46.2 Å². The summed E-state index contributed by atoms with van der Waals surface area (Å²) in [6.45, 7) is -0.155. The molecule has 4 amide bonds. The predicted molar refractivity (Wildman–Crippen MR) is 174 cm³/mol. The summed E-state index contributed by atoms with van der Waals surface area (Å²) in [5.74, 6) is -6.13. The number of nitrogens with two attached hydrogens (primary N) is 1. The zero-order valence-electron chi connectivity index (χ0n) is 26.8. The van der Waals surface area contributed by atoms with E-state index in [1.165, 1.54) is 61.3 Å². The number of carboxylic acid groups (broad SMARTS) is 1. The lowest BCUT2D eigenvalue weighted by Gasteiger charge is -2.33. The van der Waals surface area contributed by atoms with E-state index in [9.17, 15) is 37.1 Å². The van der Waals surface area contributed by atoms with E-state index in [1.54, 1.807) is 0 Å². The molecule has 3 atom stereocenters. The molecule has 1 saturated heterocycles. The molecule has 49 heavy (non-hydrogen) atoms. The van der Waals surface area contributed by atoms with Crippen molar-refractivity contribution in [3.63, 3.8) is 0 Å². The van der Waals surface area contributed by atoms with Crippen molar-refractivity contribution in [1.82, 2.24) is 9.80 Å². The number of halogens is 2. The SMILES string of the molecule is COc1cc([C@@H](Nc2cc(C(N)=O)ccc2F)C(=O)N2CCC(C(=O)O)C2c2cc(NC(=O)N(C)C)ccc2S(=O)(=O)C2CC2)ccc1F. The van der Waals surface area contributed by atoms with Crippen LogP contribution in [-0.2, 0) is 19.4 Å². The van der Waals surface area contributed by atoms with Gasteiger partial charge in [-0.3, -0.25) is 14.4 Å². The van der Waals surface area contributed by atoms with Crippen LogP contribution >= 0.6 is 0 Å². The number of carbonyl (C=O) groups excluding carboxylic acids is 3. The van der Waals surface area contributed by atoms with Crippen molar-refractivity contribution in [2.45, 2.75) is 41.5 Å². The molecule has 5 N–H and O–H groups in total. The smallest absolute Gasteiger partial charge is 0.321 e. The van der Waals surface area contributed by atoms with Crippen LogP contribution in [0.2, 0.25) is 0 Å². The Kier molecular flexibility index (Phi) is 9.80. The molecule has 2 aliphatic rings. The van der Waals surface area contributed by atoms with Gasteiger partial charge in [0, 0.05) is 31.9 Å². The highest BCUT2D eigenvalue weighted by Gasteiger charge is 2.48. The van der Waals surface area contributed by atoms with Gasteiger partial charge >= 0.3 is 12.0 Å². The van der Waals surface area contributed by atoms with Gasteiger partial charge in [0.2, 0.25) is 11.8 Å². The molecule has 3 aromatic carbocycles. The number of carbonyl (C=O) groups is 4. The minimum atomic E-state index is -3.97. The zero-order valence-corrected chi connectivity index (χ0v) is 27.6. The number of primary amides is 1. The van der Waals surface area contributed by atoms with Gasteiger partial charge in [-0.05, 0) is 78.9 Å². The number of aliphatic carboxylic acids is 1. The number of hydrogen-bond donors (Lipinski definition) is 4. The Labute approximate surface area is 280 Å². The fourth-order valence-electron chi connectivity index (χ4n) is 5.85. The zero-order chi connectivity index (χ0) is 35.8. The Balaban J connectivity index is 1.67. The van der Waals surface area contributed by atoms with E-state index in [1.807, 2.05) is 0 Å². The second-order valence-corrected chi connectivity index (χ2v) is 14.3. The van der Waals surface area contributed by atoms with Gasteiger partial charge in [-0.25, -0.2) is 22.0 Å². The first-order valence-corrected chi connectivity index (χ1v) is 16.8. The number of sulfone groups is 1. The number of ether oxygens (including phenoxy) is 1. The molecule has 13 nitrogen and oxygen atoms in total. The Bertz CT molecular complexity index is 1940. The monoisotopic (exact) mass is 699 g/mol. The van der Waals surface area contributed by atoms with E-state index >= 15 is 4.39 Å². The molecule has 0 aromatic heterocycles. The lowest BCUT2D eigenvalue weighted by Crippen LogP contribution is -2.40. The van der Waals surface area contributed by atoms with Gasteiger partial charge in [-0.15, -0.1) is 0 Å². The third kappa shape index (κ3) is 7.13. The van der Waals surface area contributed by atoms with Gasteiger partial charge in [0.15, 0.2) is 21.4 Å². The van der Waals surface area contributed by atoms with E-state index < -0.39 is 68.5 Å². The number of likely N-dealkylation sites (tertiary alicyclic amines) is 1. The lowest BCUT2D eigenvalue weighted by atomic mass is 9.92. The van der Waals surface area contributed by atoms with Crippen LogP contribution in [0.4, 0.5) is 25.0 Å². The number of benzene rings is 3. The predicted octanol–water partition coefficient (Wildman–Crippen LogP) is 3.93. The van der Waals surface area contributed by atoms with E-state index in [0.717, 1.165) is 24.3 Å². The van der Waals surface area contributed by atoms with Crippen LogP contribution < -0.4 is 21.1 Å². The number of carboxylic acids is 1. The van der Waals surface area contributed by atoms with Crippen LogP contribution in [0.5, 0.6) is 5.75 Å². The number of anilines is 2. The minimum absolute atomic E-state index is 0.0148.